The molecular weight excluding hydrogens is 297 g/mol. The Morgan fingerprint density at radius 3 is 2.25 bits per heavy atom. The van der Waals surface area contributed by atoms with E-state index in [0.717, 1.165) is 31.1 Å². The zero-order valence-electron chi connectivity index (χ0n) is 10.3. The number of hydrogen-bond donors (Lipinski definition) is 2. The SMILES string of the molecule is O=C(O)C(F)(F)F.O=C(c1cccs1)N1CCNCC1. The number of piperazine rings is 1. The van der Waals surface area contributed by atoms with Gasteiger partial charge in [0, 0.05) is 26.2 Å². The van der Waals surface area contributed by atoms with Crippen molar-refractivity contribution in [3.05, 3.63) is 22.4 Å². The first kappa shape index (κ1) is 16.4. The average molecular weight is 310 g/mol. The molecule has 20 heavy (non-hydrogen) atoms. The van der Waals surface area contributed by atoms with Crippen LogP contribution in [0.5, 0.6) is 0 Å². The average Bonchev–Trinajstić information content (AvgIpc) is 2.92. The smallest absolute Gasteiger partial charge is 0.475 e. The summed E-state index contributed by atoms with van der Waals surface area (Å²) < 4.78 is 31.7. The predicted octanol–water partition coefficient (Wildman–Crippen LogP) is 1.43. The highest BCUT2D eigenvalue weighted by molar-refractivity contribution is 7.12. The molecule has 1 saturated heterocycles. The van der Waals surface area contributed by atoms with Crippen molar-refractivity contribution in [2.45, 2.75) is 6.18 Å². The van der Waals surface area contributed by atoms with Crippen LogP contribution in [-0.4, -0.2) is 54.2 Å². The second-order valence-electron chi connectivity index (χ2n) is 3.82. The summed E-state index contributed by atoms with van der Waals surface area (Å²) in [4.78, 5) is 23.4. The van der Waals surface area contributed by atoms with Gasteiger partial charge in [-0.3, -0.25) is 4.79 Å². The summed E-state index contributed by atoms with van der Waals surface area (Å²) in [6.07, 6.45) is -5.08. The maximum Gasteiger partial charge on any atom is 0.490 e. The van der Waals surface area contributed by atoms with E-state index < -0.39 is 12.1 Å². The molecule has 112 valence electrons. The Morgan fingerprint density at radius 2 is 1.85 bits per heavy atom. The molecule has 0 spiro atoms. The molecule has 1 aromatic heterocycles. The largest absolute Gasteiger partial charge is 0.490 e. The van der Waals surface area contributed by atoms with Crippen LogP contribution in [0.3, 0.4) is 0 Å². The van der Waals surface area contributed by atoms with Gasteiger partial charge < -0.3 is 15.3 Å². The minimum atomic E-state index is -5.08. The van der Waals surface area contributed by atoms with Crippen molar-refractivity contribution in [2.24, 2.45) is 0 Å². The summed E-state index contributed by atoms with van der Waals surface area (Å²) in [5, 5.41) is 12.3. The highest BCUT2D eigenvalue weighted by Gasteiger charge is 2.38. The highest BCUT2D eigenvalue weighted by Crippen LogP contribution is 2.13. The molecule has 0 aromatic carbocycles. The maximum absolute atomic E-state index is 11.8. The van der Waals surface area contributed by atoms with Crippen LogP contribution in [0.25, 0.3) is 0 Å². The number of nitrogens with zero attached hydrogens (tertiary/aromatic N) is 1. The van der Waals surface area contributed by atoms with Crippen molar-refractivity contribution in [3.8, 4) is 0 Å². The molecule has 2 rings (SSSR count). The number of carboxylic acid groups (broad SMARTS) is 1. The Bertz CT molecular complexity index is 442. The van der Waals surface area contributed by atoms with Gasteiger partial charge in [0.05, 0.1) is 4.88 Å². The van der Waals surface area contributed by atoms with Crippen molar-refractivity contribution in [3.63, 3.8) is 0 Å². The van der Waals surface area contributed by atoms with Crippen LogP contribution < -0.4 is 5.32 Å². The molecule has 5 nitrogen and oxygen atoms in total. The predicted molar refractivity (Wildman–Crippen MR) is 66.8 cm³/mol. The standard InChI is InChI=1S/C9H12N2OS.C2HF3O2/c12-9(8-2-1-7-13-8)11-5-3-10-4-6-11;3-2(4,5)1(6)7/h1-2,7,10H,3-6H2;(H,6,7). The number of halogens is 3. The monoisotopic (exact) mass is 310 g/mol. The fraction of sp³-hybridized carbons (Fsp3) is 0.455. The van der Waals surface area contributed by atoms with Crippen molar-refractivity contribution in [1.82, 2.24) is 10.2 Å². The van der Waals surface area contributed by atoms with Gasteiger partial charge in [-0.25, -0.2) is 4.79 Å². The Labute approximate surface area is 117 Å². The molecule has 1 aliphatic rings. The van der Waals surface area contributed by atoms with E-state index >= 15 is 0 Å². The van der Waals surface area contributed by atoms with E-state index in [1.807, 2.05) is 22.4 Å². The number of carbonyl (C=O) groups excluding carboxylic acids is 1. The van der Waals surface area contributed by atoms with Gasteiger partial charge in [0.2, 0.25) is 0 Å². The van der Waals surface area contributed by atoms with Crippen LogP contribution >= 0.6 is 11.3 Å². The summed E-state index contributed by atoms with van der Waals surface area (Å²) in [6.45, 7) is 3.49. The lowest BCUT2D eigenvalue weighted by atomic mass is 10.3. The fourth-order valence-corrected chi connectivity index (χ4v) is 2.11. The van der Waals surface area contributed by atoms with E-state index in [0.29, 0.717) is 0 Å². The third-order valence-corrected chi connectivity index (χ3v) is 3.24. The first-order chi connectivity index (χ1) is 9.32. The molecular formula is C11H13F3N2O3S. The normalized spacial score (nSPS) is 15.2. The summed E-state index contributed by atoms with van der Waals surface area (Å²) in [6, 6.07) is 3.80. The van der Waals surface area contributed by atoms with Crippen molar-refractivity contribution >= 4 is 23.2 Å². The molecule has 1 aromatic rings. The van der Waals surface area contributed by atoms with E-state index in [4.69, 9.17) is 9.90 Å². The van der Waals surface area contributed by atoms with E-state index in [9.17, 15) is 18.0 Å². The van der Waals surface area contributed by atoms with Crippen LogP contribution in [0.15, 0.2) is 17.5 Å². The molecule has 2 N–H and O–H groups in total. The Hall–Kier alpha value is -1.61. The number of rotatable bonds is 1. The van der Waals surface area contributed by atoms with Crippen molar-refractivity contribution < 1.29 is 27.9 Å². The van der Waals surface area contributed by atoms with Crippen molar-refractivity contribution in [2.75, 3.05) is 26.2 Å². The maximum atomic E-state index is 11.8. The molecule has 0 bridgehead atoms. The van der Waals surface area contributed by atoms with Gasteiger partial charge >= 0.3 is 12.1 Å². The second kappa shape index (κ2) is 7.25. The van der Waals surface area contributed by atoms with Crippen LogP contribution in [0.2, 0.25) is 0 Å². The molecule has 0 aliphatic carbocycles. The quantitative estimate of drug-likeness (QED) is 0.823. The molecule has 0 atom stereocenters. The number of carbonyl (C=O) groups is 2. The van der Waals surface area contributed by atoms with Gasteiger partial charge in [0.25, 0.3) is 5.91 Å². The lowest BCUT2D eigenvalue weighted by Crippen LogP contribution is -2.46. The fourth-order valence-electron chi connectivity index (χ4n) is 1.42. The van der Waals surface area contributed by atoms with Gasteiger partial charge in [-0.15, -0.1) is 11.3 Å². The summed E-state index contributed by atoms with van der Waals surface area (Å²) in [5.41, 5.74) is 0. The van der Waals surface area contributed by atoms with Gasteiger partial charge in [0.1, 0.15) is 0 Å². The highest BCUT2D eigenvalue weighted by atomic mass is 32.1. The summed E-state index contributed by atoms with van der Waals surface area (Å²) >= 11 is 1.51. The third kappa shape index (κ3) is 5.17. The first-order valence-corrected chi connectivity index (χ1v) is 6.54. The number of amides is 1. The Kier molecular flexibility index (Phi) is 5.96. The topological polar surface area (TPSA) is 69.6 Å². The van der Waals surface area contributed by atoms with Crippen LogP contribution in [-0.2, 0) is 4.79 Å². The summed E-state index contributed by atoms with van der Waals surface area (Å²) in [7, 11) is 0. The molecule has 9 heteroatoms. The van der Waals surface area contributed by atoms with Crippen molar-refractivity contribution in [1.29, 1.82) is 0 Å². The number of nitrogens with one attached hydrogen (secondary N) is 1. The Morgan fingerprint density at radius 1 is 1.30 bits per heavy atom. The van der Waals surface area contributed by atoms with Crippen LogP contribution in [0.1, 0.15) is 9.67 Å². The van der Waals surface area contributed by atoms with Gasteiger partial charge in [-0.05, 0) is 11.4 Å². The molecule has 0 saturated carbocycles. The third-order valence-electron chi connectivity index (χ3n) is 2.38. The zero-order valence-corrected chi connectivity index (χ0v) is 11.1. The number of thiophene rings is 1. The van der Waals surface area contributed by atoms with Crippen LogP contribution in [0.4, 0.5) is 13.2 Å². The van der Waals surface area contributed by atoms with E-state index in [1.54, 1.807) is 0 Å². The molecule has 0 radical (unpaired) electrons. The Balaban J connectivity index is 0.000000246. The zero-order chi connectivity index (χ0) is 15.2. The molecule has 2 heterocycles. The van der Waals surface area contributed by atoms with Gasteiger partial charge in [-0.2, -0.15) is 13.2 Å². The lowest BCUT2D eigenvalue weighted by molar-refractivity contribution is -0.192. The number of carboxylic acids is 1. The second-order valence-corrected chi connectivity index (χ2v) is 4.77. The van der Waals surface area contributed by atoms with E-state index in [1.165, 1.54) is 11.3 Å². The summed E-state index contributed by atoms with van der Waals surface area (Å²) in [5.74, 6) is -2.58. The minimum absolute atomic E-state index is 0.177. The molecule has 1 aliphatic heterocycles. The first-order valence-electron chi connectivity index (χ1n) is 5.66. The molecule has 0 unspecified atom stereocenters. The minimum Gasteiger partial charge on any atom is -0.475 e. The number of aliphatic carboxylic acids is 1. The van der Waals surface area contributed by atoms with Gasteiger partial charge in [0.15, 0.2) is 0 Å². The van der Waals surface area contributed by atoms with E-state index in [2.05, 4.69) is 5.32 Å². The number of alkyl halides is 3. The van der Waals surface area contributed by atoms with Crippen LogP contribution in [0, 0.1) is 0 Å². The molecule has 1 fully saturated rings. The lowest BCUT2D eigenvalue weighted by Gasteiger charge is -2.26. The number of hydrogen-bond acceptors (Lipinski definition) is 4. The molecule has 1 amide bonds. The van der Waals surface area contributed by atoms with Gasteiger partial charge in [-0.1, -0.05) is 6.07 Å². The van der Waals surface area contributed by atoms with E-state index in [-0.39, 0.29) is 5.91 Å².